The molecule has 0 heterocycles. The van der Waals surface area contributed by atoms with E-state index in [1.165, 1.54) is 4.31 Å². The highest BCUT2D eigenvalue weighted by atomic mass is 32.2. The summed E-state index contributed by atoms with van der Waals surface area (Å²) in [6.45, 7) is 6.00. The molecule has 1 unspecified atom stereocenters. The number of hydrogen-bond donors (Lipinski definition) is 1. The van der Waals surface area contributed by atoms with Crippen LogP contribution in [-0.4, -0.2) is 39.7 Å². The highest BCUT2D eigenvalue weighted by molar-refractivity contribution is 7.76. The van der Waals surface area contributed by atoms with E-state index < -0.39 is 11.3 Å². The fourth-order valence-corrected chi connectivity index (χ4v) is 2.05. The SMILES string of the molecule is CCN(CCN(C)S(=O)[O-])c1ccc(N)cc1C. The predicted octanol–water partition coefficient (Wildman–Crippen LogP) is 1.13. The van der Waals surface area contributed by atoms with E-state index in [9.17, 15) is 8.76 Å². The molecule has 2 N–H and O–H groups in total. The van der Waals surface area contributed by atoms with Gasteiger partial charge in [-0.25, -0.2) is 4.31 Å². The summed E-state index contributed by atoms with van der Waals surface area (Å²) >= 11 is -2.16. The third-order valence-corrected chi connectivity index (χ3v) is 3.57. The van der Waals surface area contributed by atoms with Crippen molar-refractivity contribution in [3.63, 3.8) is 0 Å². The van der Waals surface area contributed by atoms with Crippen molar-refractivity contribution < 1.29 is 8.76 Å². The number of hydrogen-bond acceptors (Lipinski definition) is 4. The average Bonchev–Trinajstić information content (AvgIpc) is 2.31. The van der Waals surface area contributed by atoms with Crippen molar-refractivity contribution in [1.29, 1.82) is 0 Å². The average molecular weight is 270 g/mol. The van der Waals surface area contributed by atoms with Gasteiger partial charge in [-0.2, -0.15) is 0 Å². The molecule has 0 aliphatic rings. The van der Waals surface area contributed by atoms with Crippen molar-refractivity contribution in [3.05, 3.63) is 23.8 Å². The topological polar surface area (TPSA) is 72.6 Å². The Morgan fingerprint density at radius 3 is 2.56 bits per heavy atom. The van der Waals surface area contributed by atoms with Crippen molar-refractivity contribution >= 4 is 22.6 Å². The van der Waals surface area contributed by atoms with Gasteiger partial charge in [0.1, 0.15) is 0 Å². The van der Waals surface area contributed by atoms with Crippen LogP contribution in [0.3, 0.4) is 0 Å². The largest absolute Gasteiger partial charge is 0.760 e. The lowest BCUT2D eigenvalue weighted by Gasteiger charge is -2.28. The Bertz CT molecular complexity index is 426. The number of rotatable bonds is 6. The van der Waals surface area contributed by atoms with Gasteiger partial charge in [0.15, 0.2) is 0 Å². The molecule has 0 amide bonds. The summed E-state index contributed by atoms with van der Waals surface area (Å²) in [6, 6.07) is 5.76. The van der Waals surface area contributed by atoms with Crippen LogP contribution in [0.25, 0.3) is 0 Å². The molecule has 0 spiro atoms. The summed E-state index contributed by atoms with van der Waals surface area (Å²) in [5, 5.41) is 0. The van der Waals surface area contributed by atoms with E-state index in [1.54, 1.807) is 7.05 Å². The fraction of sp³-hybridized carbons (Fsp3) is 0.500. The van der Waals surface area contributed by atoms with Crippen molar-refractivity contribution in [2.75, 3.05) is 37.3 Å². The first-order valence-corrected chi connectivity index (χ1v) is 6.90. The maximum Gasteiger partial charge on any atom is 0.0397 e. The van der Waals surface area contributed by atoms with Crippen molar-refractivity contribution in [1.82, 2.24) is 4.31 Å². The van der Waals surface area contributed by atoms with Crippen LogP contribution in [0.15, 0.2) is 18.2 Å². The smallest absolute Gasteiger partial charge is 0.0397 e. The van der Waals surface area contributed by atoms with Crippen LogP contribution in [0, 0.1) is 6.92 Å². The zero-order valence-electron chi connectivity index (χ0n) is 11.0. The van der Waals surface area contributed by atoms with E-state index >= 15 is 0 Å². The second-order valence-corrected chi connectivity index (χ2v) is 5.25. The Balaban J connectivity index is 2.74. The van der Waals surface area contributed by atoms with Crippen LogP contribution in [0.2, 0.25) is 0 Å². The van der Waals surface area contributed by atoms with Gasteiger partial charge in [0.05, 0.1) is 0 Å². The van der Waals surface area contributed by atoms with E-state index in [1.807, 2.05) is 32.0 Å². The van der Waals surface area contributed by atoms with Gasteiger partial charge in [-0.1, -0.05) is 0 Å². The molecular weight excluding hydrogens is 250 g/mol. The highest BCUT2D eigenvalue weighted by Crippen LogP contribution is 2.22. The minimum Gasteiger partial charge on any atom is -0.760 e. The lowest BCUT2D eigenvalue weighted by molar-refractivity contribution is 0.435. The highest BCUT2D eigenvalue weighted by Gasteiger charge is 2.08. The zero-order chi connectivity index (χ0) is 13.7. The number of likely N-dealkylation sites (N-methyl/N-ethyl adjacent to an activating group) is 2. The molecule has 0 saturated heterocycles. The van der Waals surface area contributed by atoms with Crippen LogP contribution in [0.1, 0.15) is 12.5 Å². The van der Waals surface area contributed by atoms with Crippen LogP contribution < -0.4 is 10.6 Å². The molecule has 102 valence electrons. The third kappa shape index (κ3) is 3.97. The monoisotopic (exact) mass is 270 g/mol. The minimum atomic E-state index is -2.16. The molecule has 0 radical (unpaired) electrons. The number of anilines is 2. The lowest BCUT2D eigenvalue weighted by Crippen LogP contribution is -2.34. The molecule has 1 rings (SSSR count). The first-order chi connectivity index (χ1) is 8.45. The van der Waals surface area contributed by atoms with E-state index in [4.69, 9.17) is 5.73 Å². The number of nitrogens with two attached hydrogens (primary N) is 1. The fourth-order valence-electron chi connectivity index (χ4n) is 1.82. The molecular formula is C12H20N3O2S-. The summed E-state index contributed by atoms with van der Waals surface area (Å²) < 4.78 is 22.8. The standard InChI is InChI=1S/C12H21N3O2S/c1-4-15(8-7-14(3)18(16)17)12-6-5-11(13)9-10(12)2/h5-6,9H,4,7-8,13H2,1-3H3,(H,16,17)/p-1. The number of benzene rings is 1. The molecule has 0 bridgehead atoms. The molecule has 1 aromatic carbocycles. The van der Waals surface area contributed by atoms with Crippen molar-refractivity contribution in [2.24, 2.45) is 0 Å². The molecule has 6 heteroatoms. The zero-order valence-corrected chi connectivity index (χ0v) is 11.9. The summed E-state index contributed by atoms with van der Waals surface area (Å²) in [7, 11) is 1.56. The van der Waals surface area contributed by atoms with E-state index in [0.29, 0.717) is 13.1 Å². The first-order valence-electron chi connectivity index (χ1n) is 5.87. The molecule has 1 aromatic rings. The number of nitrogens with zero attached hydrogens (tertiary/aromatic N) is 2. The third-order valence-electron chi connectivity index (χ3n) is 2.88. The van der Waals surface area contributed by atoms with Gasteiger partial charge >= 0.3 is 0 Å². The van der Waals surface area contributed by atoms with E-state index in [2.05, 4.69) is 4.90 Å². The van der Waals surface area contributed by atoms with E-state index in [-0.39, 0.29) is 0 Å². The molecule has 0 fully saturated rings. The molecule has 5 nitrogen and oxygen atoms in total. The Kier molecular flexibility index (Phi) is 5.58. The van der Waals surface area contributed by atoms with Gasteiger partial charge in [-0.15, -0.1) is 0 Å². The quantitative estimate of drug-likeness (QED) is 0.621. The molecule has 0 aliphatic heterocycles. The predicted molar refractivity (Wildman–Crippen MR) is 75.0 cm³/mol. The summed E-state index contributed by atoms with van der Waals surface area (Å²) in [5.41, 5.74) is 8.66. The Hall–Kier alpha value is -1.11. The molecule has 0 saturated carbocycles. The summed E-state index contributed by atoms with van der Waals surface area (Å²) in [4.78, 5) is 2.14. The maximum atomic E-state index is 10.7. The van der Waals surface area contributed by atoms with Crippen LogP contribution in [0.4, 0.5) is 11.4 Å². The van der Waals surface area contributed by atoms with Gasteiger partial charge in [0, 0.05) is 42.3 Å². The second kappa shape index (κ2) is 6.72. The van der Waals surface area contributed by atoms with Gasteiger partial charge in [-0.3, -0.25) is 4.21 Å². The normalized spacial score (nSPS) is 12.7. The van der Waals surface area contributed by atoms with Crippen LogP contribution >= 0.6 is 0 Å². The van der Waals surface area contributed by atoms with Gasteiger partial charge in [0.25, 0.3) is 0 Å². The number of nitrogen functional groups attached to an aromatic ring is 1. The number of aryl methyl sites for hydroxylation is 1. The molecule has 1 atom stereocenters. The molecule has 18 heavy (non-hydrogen) atoms. The summed E-state index contributed by atoms with van der Waals surface area (Å²) in [6.07, 6.45) is 0. The first kappa shape index (κ1) is 14.9. The summed E-state index contributed by atoms with van der Waals surface area (Å²) in [5.74, 6) is 0. The van der Waals surface area contributed by atoms with E-state index in [0.717, 1.165) is 23.5 Å². The lowest BCUT2D eigenvalue weighted by atomic mass is 10.1. The Morgan fingerprint density at radius 2 is 2.06 bits per heavy atom. The minimum absolute atomic E-state index is 0.466. The molecule has 0 aliphatic carbocycles. The Labute approximate surface area is 111 Å². The van der Waals surface area contributed by atoms with Gasteiger partial charge in [0.2, 0.25) is 0 Å². The second-order valence-electron chi connectivity index (χ2n) is 4.19. The maximum absolute atomic E-state index is 10.7. The van der Waals surface area contributed by atoms with Crippen molar-refractivity contribution in [3.8, 4) is 0 Å². The van der Waals surface area contributed by atoms with Crippen LogP contribution in [0.5, 0.6) is 0 Å². The van der Waals surface area contributed by atoms with Crippen molar-refractivity contribution in [2.45, 2.75) is 13.8 Å². The van der Waals surface area contributed by atoms with Crippen LogP contribution in [-0.2, 0) is 11.3 Å². The van der Waals surface area contributed by atoms with Gasteiger partial charge < -0.3 is 15.2 Å². The van der Waals surface area contributed by atoms with Gasteiger partial charge in [-0.05, 0) is 44.7 Å². The molecule has 0 aromatic heterocycles. The Morgan fingerprint density at radius 1 is 1.39 bits per heavy atom.